The Morgan fingerprint density at radius 2 is 2.38 bits per heavy atom. The van der Waals surface area contributed by atoms with E-state index in [1.807, 2.05) is 18.2 Å². The van der Waals surface area contributed by atoms with Gasteiger partial charge in [-0.2, -0.15) is 0 Å². The van der Waals surface area contributed by atoms with Gasteiger partial charge in [-0.25, -0.2) is 0 Å². The third-order valence-electron chi connectivity index (χ3n) is 2.38. The van der Waals surface area contributed by atoms with Crippen molar-refractivity contribution in [2.75, 3.05) is 0 Å². The third-order valence-corrected chi connectivity index (χ3v) is 2.38. The molecule has 0 fully saturated rings. The normalized spacial score (nSPS) is 20.2. The van der Waals surface area contributed by atoms with E-state index >= 15 is 0 Å². The van der Waals surface area contributed by atoms with E-state index in [0.29, 0.717) is 5.56 Å². The molecule has 2 rings (SSSR count). The molecular weight excluding hydrogens is 164 g/mol. The molecule has 0 amide bonds. The fourth-order valence-electron chi connectivity index (χ4n) is 1.60. The second kappa shape index (κ2) is 3.21. The average Bonchev–Trinajstić information content (AvgIpc) is 2.16. The molecule has 1 heterocycles. The highest BCUT2D eigenvalue weighted by Crippen LogP contribution is 2.27. The topological polar surface area (TPSA) is 26.3 Å². The highest BCUT2D eigenvalue weighted by molar-refractivity contribution is 5.76. The summed E-state index contributed by atoms with van der Waals surface area (Å²) in [5, 5.41) is 0. The van der Waals surface area contributed by atoms with Crippen LogP contribution < -0.4 is 4.74 Å². The summed E-state index contributed by atoms with van der Waals surface area (Å²) in [6.45, 7) is 2.05. The van der Waals surface area contributed by atoms with Crippen molar-refractivity contribution in [2.24, 2.45) is 0 Å². The first-order valence-electron chi connectivity index (χ1n) is 4.54. The molecule has 1 aromatic carbocycles. The van der Waals surface area contributed by atoms with Gasteiger partial charge in [-0.3, -0.25) is 4.79 Å². The Kier molecular flexibility index (Phi) is 2.05. The van der Waals surface area contributed by atoms with Gasteiger partial charge in [-0.15, -0.1) is 0 Å². The van der Waals surface area contributed by atoms with Crippen LogP contribution in [0.5, 0.6) is 5.75 Å². The fraction of sp³-hybridized carbons (Fsp3) is 0.364. The number of carbonyl (C=O) groups is 1. The summed E-state index contributed by atoms with van der Waals surface area (Å²) in [4.78, 5) is 10.5. The number of ether oxygens (including phenoxy) is 1. The van der Waals surface area contributed by atoms with Crippen molar-refractivity contribution < 1.29 is 9.53 Å². The van der Waals surface area contributed by atoms with E-state index in [1.54, 1.807) is 0 Å². The van der Waals surface area contributed by atoms with E-state index < -0.39 is 0 Å². The van der Waals surface area contributed by atoms with Crippen molar-refractivity contribution in [1.82, 2.24) is 0 Å². The van der Waals surface area contributed by atoms with Crippen molar-refractivity contribution >= 4 is 6.29 Å². The largest absolute Gasteiger partial charge is 0.490 e. The number of benzene rings is 1. The van der Waals surface area contributed by atoms with Crippen LogP contribution in [0.1, 0.15) is 29.3 Å². The van der Waals surface area contributed by atoms with Crippen LogP contribution >= 0.6 is 0 Å². The van der Waals surface area contributed by atoms with E-state index in [2.05, 4.69) is 6.92 Å². The maximum Gasteiger partial charge on any atom is 0.150 e. The van der Waals surface area contributed by atoms with Gasteiger partial charge in [-0.05, 0) is 31.4 Å². The number of aldehydes is 1. The summed E-state index contributed by atoms with van der Waals surface area (Å²) in [6, 6.07) is 5.63. The van der Waals surface area contributed by atoms with E-state index in [9.17, 15) is 4.79 Å². The lowest BCUT2D eigenvalue weighted by Gasteiger charge is -2.23. The summed E-state index contributed by atoms with van der Waals surface area (Å²) in [6.07, 6.45) is 3.24. The molecule has 68 valence electrons. The highest BCUT2D eigenvalue weighted by Gasteiger charge is 2.15. The number of carbonyl (C=O) groups excluding carboxylic acids is 1. The molecule has 0 saturated carbocycles. The highest BCUT2D eigenvalue weighted by atomic mass is 16.5. The van der Waals surface area contributed by atoms with Crippen LogP contribution in [0, 0.1) is 0 Å². The first kappa shape index (κ1) is 8.30. The molecule has 0 saturated heterocycles. The standard InChI is InChI=1S/C11H12O2/c1-8-2-4-10-5-3-9(7-12)6-11(10)13-8/h3,5-8H,2,4H2,1H3. The van der Waals surface area contributed by atoms with Crippen molar-refractivity contribution in [1.29, 1.82) is 0 Å². The number of fused-ring (bicyclic) bond motifs is 1. The van der Waals surface area contributed by atoms with E-state index in [0.717, 1.165) is 24.9 Å². The predicted molar refractivity (Wildman–Crippen MR) is 50.2 cm³/mol. The van der Waals surface area contributed by atoms with Gasteiger partial charge in [0.2, 0.25) is 0 Å². The van der Waals surface area contributed by atoms with E-state index in [-0.39, 0.29) is 6.10 Å². The molecule has 0 radical (unpaired) electrons. The monoisotopic (exact) mass is 176 g/mol. The first-order valence-corrected chi connectivity index (χ1v) is 4.54. The second-order valence-corrected chi connectivity index (χ2v) is 3.45. The number of hydrogen-bond acceptors (Lipinski definition) is 2. The Balaban J connectivity index is 2.38. The summed E-state index contributed by atoms with van der Waals surface area (Å²) in [7, 11) is 0. The zero-order valence-corrected chi connectivity index (χ0v) is 7.62. The van der Waals surface area contributed by atoms with Crippen molar-refractivity contribution in [3.05, 3.63) is 29.3 Å². The van der Waals surface area contributed by atoms with Crippen LogP contribution in [0.25, 0.3) is 0 Å². The van der Waals surface area contributed by atoms with Crippen LogP contribution in [0.4, 0.5) is 0 Å². The van der Waals surface area contributed by atoms with E-state index in [1.165, 1.54) is 5.56 Å². The summed E-state index contributed by atoms with van der Waals surface area (Å²) in [5.41, 5.74) is 1.90. The minimum absolute atomic E-state index is 0.273. The van der Waals surface area contributed by atoms with Crippen molar-refractivity contribution in [2.45, 2.75) is 25.9 Å². The lowest BCUT2D eigenvalue weighted by Crippen LogP contribution is -2.18. The smallest absolute Gasteiger partial charge is 0.150 e. The van der Waals surface area contributed by atoms with Crippen LogP contribution in [-0.2, 0) is 6.42 Å². The Morgan fingerprint density at radius 3 is 3.15 bits per heavy atom. The molecule has 1 aromatic rings. The van der Waals surface area contributed by atoms with Crippen LogP contribution in [0.2, 0.25) is 0 Å². The van der Waals surface area contributed by atoms with Gasteiger partial charge in [0, 0.05) is 5.56 Å². The molecule has 0 bridgehead atoms. The van der Waals surface area contributed by atoms with Crippen molar-refractivity contribution in [3.8, 4) is 5.75 Å². The zero-order valence-electron chi connectivity index (χ0n) is 7.62. The zero-order chi connectivity index (χ0) is 9.26. The third kappa shape index (κ3) is 1.57. The predicted octanol–water partition coefficient (Wildman–Crippen LogP) is 2.21. The minimum Gasteiger partial charge on any atom is -0.490 e. The molecule has 1 atom stereocenters. The summed E-state index contributed by atoms with van der Waals surface area (Å²) in [5.74, 6) is 0.878. The van der Waals surface area contributed by atoms with Crippen LogP contribution in [0.15, 0.2) is 18.2 Å². The molecule has 13 heavy (non-hydrogen) atoms. The molecule has 2 nitrogen and oxygen atoms in total. The molecule has 1 aliphatic heterocycles. The molecular formula is C11H12O2. The van der Waals surface area contributed by atoms with Gasteiger partial charge in [0.1, 0.15) is 12.0 Å². The SMILES string of the molecule is CC1CCc2ccc(C=O)cc2O1. The fourth-order valence-corrected chi connectivity index (χ4v) is 1.60. The maximum absolute atomic E-state index is 10.5. The van der Waals surface area contributed by atoms with Crippen LogP contribution in [0.3, 0.4) is 0 Å². The number of hydrogen-bond donors (Lipinski definition) is 0. The van der Waals surface area contributed by atoms with Crippen molar-refractivity contribution in [3.63, 3.8) is 0 Å². The molecule has 1 unspecified atom stereocenters. The quantitative estimate of drug-likeness (QED) is 0.613. The Bertz CT molecular complexity index is 331. The number of aryl methyl sites for hydroxylation is 1. The molecule has 2 heteroatoms. The molecule has 1 aliphatic rings. The Labute approximate surface area is 77.5 Å². The lowest BCUT2D eigenvalue weighted by molar-refractivity contribution is 0.112. The molecule has 0 spiro atoms. The van der Waals surface area contributed by atoms with Gasteiger partial charge in [0.15, 0.2) is 0 Å². The molecule has 0 N–H and O–H groups in total. The minimum atomic E-state index is 0.273. The second-order valence-electron chi connectivity index (χ2n) is 3.45. The van der Waals surface area contributed by atoms with Gasteiger partial charge in [-0.1, -0.05) is 12.1 Å². The van der Waals surface area contributed by atoms with Gasteiger partial charge < -0.3 is 4.74 Å². The van der Waals surface area contributed by atoms with Gasteiger partial charge in [0.25, 0.3) is 0 Å². The first-order chi connectivity index (χ1) is 6.29. The number of rotatable bonds is 1. The molecule has 0 aliphatic carbocycles. The van der Waals surface area contributed by atoms with E-state index in [4.69, 9.17) is 4.74 Å². The van der Waals surface area contributed by atoms with Crippen LogP contribution in [-0.4, -0.2) is 12.4 Å². The molecule has 0 aromatic heterocycles. The lowest BCUT2D eigenvalue weighted by atomic mass is 10.0. The average molecular weight is 176 g/mol. The summed E-state index contributed by atoms with van der Waals surface area (Å²) < 4.78 is 5.62. The summed E-state index contributed by atoms with van der Waals surface area (Å²) >= 11 is 0. The maximum atomic E-state index is 10.5. The van der Waals surface area contributed by atoms with Gasteiger partial charge >= 0.3 is 0 Å². The Hall–Kier alpha value is -1.31. The Morgan fingerprint density at radius 1 is 1.54 bits per heavy atom. The van der Waals surface area contributed by atoms with Gasteiger partial charge in [0.05, 0.1) is 6.10 Å².